The van der Waals surface area contributed by atoms with Crippen molar-refractivity contribution < 1.29 is 28.5 Å². The minimum absolute atomic E-state index is 0.268. The fraction of sp³-hybridized carbons (Fsp3) is 0.900. The normalized spacial score (nSPS) is 37.5. The molecule has 7 heteroatoms. The molecular formula is C10H17NO6. The smallest absolute Gasteiger partial charge is 0.409 e. The van der Waals surface area contributed by atoms with Crippen LogP contribution in [0.1, 0.15) is 0 Å². The van der Waals surface area contributed by atoms with E-state index in [1.165, 1.54) is 0 Å². The molecule has 0 spiro atoms. The average Bonchev–Trinajstić information content (AvgIpc) is 2.81. The van der Waals surface area contributed by atoms with Gasteiger partial charge in [-0.1, -0.05) is 0 Å². The van der Waals surface area contributed by atoms with Crippen LogP contribution < -0.4 is 5.32 Å². The van der Waals surface area contributed by atoms with Crippen LogP contribution in [-0.2, 0) is 23.7 Å². The van der Waals surface area contributed by atoms with Gasteiger partial charge in [0.15, 0.2) is 12.3 Å². The maximum absolute atomic E-state index is 11.1. The molecule has 2 fully saturated rings. The molecule has 0 bridgehead atoms. The molecule has 5 atom stereocenters. The van der Waals surface area contributed by atoms with E-state index >= 15 is 0 Å². The van der Waals surface area contributed by atoms with Gasteiger partial charge in [0.05, 0.1) is 6.61 Å². The first kappa shape index (κ1) is 12.6. The Kier molecular flexibility index (Phi) is 3.82. The van der Waals surface area contributed by atoms with Gasteiger partial charge in [0.2, 0.25) is 0 Å². The summed E-state index contributed by atoms with van der Waals surface area (Å²) in [6.45, 7) is 0.383. The van der Waals surface area contributed by atoms with Gasteiger partial charge < -0.3 is 23.7 Å². The van der Waals surface area contributed by atoms with E-state index in [-0.39, 0.29) is 18.3 Å². The van der Waals surface area contributed by atoms with Crippen molar-refractivity contribution in [1.29, 1.82) is 0 Å². The fourth-order valence-corrected chi connectivity index (χ4v) is 2.23. The molecule has 1 amide bonds. The topological polar surface area (TPSA) is 75.2 Å². The van der Waals surface area contributed by atoms with Crippen molar-refractivity contribution in [2.75, 3.05) is 27.9 Å². The summed E-state index contributed by atoms with van der Waals surface area (Å²) in [6.07, 6.45) is -2.36. The zero-order valence-electron chi connectivity index (χ0n) is 10.0. The molecule has 0 radical (unpaired) electrons. The highest BCUT2D eigenvalue weighted by Gasteiger charge is 2.54. The Morgan fingerprint density at radius 3 is 2.76 bits per heavy atom. The van der Waals surface area contributed by atoms with Crippen molar-refractivity contribution in [3.05, 3.63) is 0 Å². The number of carbonyl (C=O) groups is 1. The second-order valence-electron chi connectivity index (χ2n) is 3.97. The summed E-state index contributed by atoms with van der Waals surface area (Å²) in [7, 11) is 4.71. The molecule has 2 aliphatic heterocycles. The molecular weight excluding hydrogens is 230 g/mol. The summed E-state index contributed by atoms with van der Waals surface area (Å²) in [5, 5.41) is 2.57. The monoisotopic (exact) mass is 247 g/mol. The SMILES string of the molecule is COC[C@@H](OC)[C@H]1O[C@@H]2NC(=O)O[C@@H]2[C@H]1OC. The van der Waals surface area contributed by atoms with Crippen molar-refractivity contribution in [2.24, 2.45) is 0 Å². The Morgan fingerprint density at radius 2 is 2.18 bits per heavy atom. The number of rotatable bonds is 5. The van der Waals surface area contributed by atoms with Gasteiger partial charge in [0, 0.05) is 21.3 Å². The Morgan fingerprint density at radius 1 is 1.41 bits per heavy atom. The highest BCUT2D eigenvalue weighted by Crippen LogP contribution is 2.31. The van der Waals surface area contributed by atoms with E-state index in [2.05, 4.69) is 5.32 Å². The number of methoxy groups -OCH3 is 3. The van der Waals surface area contributed by atoms with Crippen LogP contribution in [0.2, 0.25) is 0 Å². The van der Waals surface area contributed by atoms with E-state index in [0.717, 1.165) is 0 Å². The van der Waals surface area contributed by atoms with Crippen molar-refractivity contribution in [3.8, 4) is 0 Å². The van der Waals surface area contributed by atoms with E-state index < -0.39 is 18.4 Å². The minimum Gasteiger partial charge on any atom is -0.438 e. The summed E-state index contributed by atoms with van der Waals surface area (Å²) in [4.78, 5) is 11.1. The molecule has 7 nitrogen and oxygen atoms in total. The standard InChI is InChI=1S/C10H17NO6/c1-13-4-5(14-2)6-7(15-3)8-9(16-6)11-10(12)17-8/h5-9H,4H2,1-3H3,(H,11,12)/t5-,6-,7+,8-,9+/m1/s1. The van der Waals surface area contributed by atoms with Crippen molar-refractivity contribution in [1.82, 2.24) is 5.32 Å². The minimum atomic E-state index is -0.485. The molecule has 2 heterocycles. The van der Waals surface area contributed by atoms with Crippen molar-refractivity contribution in [3.63, 3.8) is 0 Å². The van der Waals surface area contributed by atoms with Gasteiger partial charge >= 0.3 is 6.09 Å². The van der Waals surface area contributed by atoms with Crippen LogP contribution in [0.15, 0.2) is 0 Å². The quantitative estimate of drug-likeness (QED) is 0.705. The van der Waals surface area contributed by atoms with Crippen LogP contribution in [0.5, 0.6) is 0 Å². The lowest BCUT2D eigenvalue weighted by Crippen LogP contribution is -2.43. The number of amides is 1. The first-order valence-corrected chi connectivity index (χ1v) is 5.38. The van der Waals surface area contributed by atoms with Gasteiger partial charge in [-0.15, -0.1) is 0 Å². The molecule has 2 rings (SSSR count). The number of carbonyl (C=O) groups excluding carboxylic acids is 1. The van der Waals surface area contributed by atoms with Gasteiger partial charge in [-0.2, -0.15) is 0 Å². The van der Waals surface area contributed by atoms with Crippen LogP contribution in [0, 0.1) is 0 Å². The lowest BCUT2D eigenvalue weighted by atomic mass is 10.1. The maximum atomic E-state index is 11.1. The Hall–Kier alpha value is -0.890. The van der Waals surface area contributed by atoms with Crippen molar-refractivity contribution in [2.45, 2.75) is 30.6 Å². The van der Waals surface area contributed by atoms with E-state index in [1.54, 1.807) is 21.3 Å². The first-order chi connectivity index (χ1) is 8.21. The predicted octanol–water partition coefficient (Wildman–Crippen LogP) is -0.504. The van der Waals surface area contributed by atoms with Gasteiger partial charge in [-0.3, -0.25) is 5.32 Å². The van der Waals surface area contributed by atoms with Crippen molar-refractivity contribution >= 4 is 6.09 Å². The molecule has 98 valence electrons. The third-order valence-corrected chi connectivity index (χ3v) is 3.03. The molecule has 1 N–H and O–H groups in total. The number of nitrogens with one attached hydrogen (secondary N) is 1. The number of ether oxygens (including phenoxy) is 5. The molecule has 0 aromatic heterocycles. The largest absolute Gasteiger partial charge is 0.438 e. The second-order valence-corrected chi connectivity index (χ2v) is 3.97. The second kappa shape index (κ2) is 5.18. The van der Waals surface area contributed by atoms with Gasteiger partial charge in [-0.05, 0) is 0 Å². The van der Waals surface area contributed by atoms with E-state index in [0.29, 0.717) is 6.61 Å². The number of hydrogen-bond donors (Lipinski definition) is 1. The Balaban J connectivity index is 2.07. The summed E-state index contributed by atoms with van der Waals surface area (Å²) in [6, 6.07) is 0. The number of hydrogen-bond acceptors (Lipinski definition) is 6. The zero-order chi connectivity index (χ0) is 12.4. The lowest BCUT2D eigenvalue weighted by molar-refractivity contribution is -0.113. The van der Waals surface area contributed by atoms with Crippen LogP contribution in [0.4, 0.5) is 4.79 Å². The third-order valence-electron chi connectivity index (χ3n) is 3.03. The molecule has 0 aliphatic carbocycles. The Labute approximate surface area is 99.3 Å². The van der Waals surface area contributed by atoms with Gasteiger partial charge in [0.25, 0.3) is 0 Å². The molecule has 0 aromatic rings. The van der Waals surface area contributed by atoms with Crippen LogP contribution in [0.3, 0.4) is 0 Å². The zero-order valence-corrected chi connectivity index (χ0v) is 10.0. The van der Waals surface area contributed by atoms with E-state index in [9.17, 15) is 4.79 Å². The lowest BCUT2D eigenvalue weighted by Gasteiger charge is -2.26. The molecule has 2 saturated heterocycles. The number of alkyl carbamates (subject to hydrolysis) is 1. The average molecular weight is 247 g/mol. The van der Waals surface area contributed by atoms with E-state index in [1.807, 2.05) is 0 Å². The van der Waals surface area contributed by atoms with Crippen LogP contribution in [-0.4, -0.2) is 64.7 Å². The molecule has 0 aromatic carbocycles. The highest BCUT2D eigenvalue weighted by atomic mass is 16.7. The molecule has 2 aliphatic rings. The Bertz CT molecular complexity index is 286. The van der Waals surface area contributed by atoms with Gasteiger partial charge in [-0.25, -0.2) is 4.79 Å². The summed E-state index contributed by atoms with van der Waals surface area (Å²) >= 11 is 0. The molecule has 17 heavy (non-hydrogen) atoms. The fourth-order valence-electron chi connectivity index (χ4n) is 2.23. The first-order valence-electron chi connectivity index (χ1n) is 5.38. The van der Waals surface area contributed by atoms with Crippen LogP contribution >= 0.6 is 0 Å². The summed E-state index contributed by atoms with van der Waals surface area (Å²) in [5.41, 5.74) is 0. The van der Waals surface area contributed by atoms with E-state index in [4.69, 9.17) is 23.7 Å². The third kappa shape index (κ3) is 2.23. The summed E-state index contributed by atoms with van der Waals surface area (Å²) in [5.74, 6) is 0. The molecule has 0 unspecified atom stereocenters. The number of fused-ring (bicyclic) bond motifs is 1. The maximum Gasteiger partial charge on any atom is 0.409 e. The van der Waals surface area contributed by atoms with Gasteiger partial charge in [0.1, 0.15) is 18.3 Å². The molecule has 0 saturated carbocycles. The summed E-state index contributed by atoms with van der Waals surface area (Å²) < 4.78 is 26.5. The predicted molar refractivity (Wildman–Crippen MR) is 55.5 cm³/mol. The highest BCUT2D eigenvalue weighted by molar-refractivity contribution is 5.70. The van der Waals surface area contributed by atoms with Crippen LogP contribution in [0.25, 0.3) is 0 Å².